The monoisotopic (exact) mass is 255 g/mol. The average Bonchev–Trinajstić information content (AvgIpc) is 2.45. The predicted molar refractivity (Wildman–Crippen MR) is 80.4 cm³/mol. The van der Waals surface area contributed by atoms with E-state index < -0.39 is 0 Å². The maximum Gasteiger partial charge on any atom is 0.0755 e. The molecule has 0 aliphatic heterocycles. The van der Waals surface area contributed by atoms with Gasteiger partial charge in [-0.25, -0.2) is 5.06 Å². The van der Waals surface area contributed by atoms with Crippen LogP contribution in [0.2, 0.25) is 0 Å². The van der Waals surface area contributed by atoms with Gasteiger partial charge in [-0.15, -0.1) is 0 Å². The second-order valence-corrected chi connectivity index (χ2v) is 4.98. The Hall–Kier alpha value is -1.80. The van der Waals surface area contributed by atoms with E-state index in [1.807, 2.05) is 41.5 Å². The van der Waals surface area contributed by atoms with E-state index in [1.54, 1.807) is 0 Å². The normalized spacial score (nSPS) is 10.7. The lowest BCUT2D eigenvalue weighted by molar-refractivity contribution is 0.125. The van der Waals surface area contributed by atoms with E-state index in [0.29, 0.717) is 5.92 Å². The van der Waals surface area contributed by atoms with Crippen LogP contribution in [0.15, 0.2) is 60.7 Å². The van der Waals surface area contributed by atoms with Crippen LogP contribution >= 0.6 is 0 Å². The molecule has 100 valence electrons. The van der Waals surface area contributed by atoms with Crippen LogP contribution in [0, 0.1) is 5.92 Å². The summed E-state index contributed by atoms with van der Waals surface area (Å²) in [5, 5.41) is 1.91. The molecule has 0 radical (unpaired) electrons. The Balaban J connectivity index is 2.14. The Morgan fingerprint density at radius 1 is 0.842 bits per heavy atom. The lowest BCUT2D eigenvalue weighted by Crippen LogP contribution is -2.19. The van der Waals surface area contributed by atoms with Gasteiger partial charge in [0.1, 0.15) is 0 Å². The van der Waals surface area contributed by atoms with Crippen LogP contribution in [0.25, 0.3) is 0 Å². The quantitative estimate of drug-likeness (QED) is 0.687. The number of benzene rings is 2. The number of para-hydroxylation sites is 2. The smallest absolute Gasteiger partial charge is 0.0755 e. The third-order valence-corrected chi connectivity index (χ3v) is 2.90. The van der Waals surface area contributed by atoms with Crippen molar-refractivity contribution in [2.45, 2.75) is 20.3 Å². The molecule has 0 spiro atoms. The summed E-state index contributed by atoms with van der Waals surface area (Å²) in [7, 11) is 0. The first-order valence-electron chi connectivity index (χ1n) is 6.80. The van der Waals surface area contributed by atoms with Crippen molar-refractivity contribution in [2.75, 3.05) is 11.7 Å². The third kappa shape index (κ3) is 4.11. The molecule has 0 atom stereocenters. The van der Waals surface area contributed by atoms with Crippen LogP contribution in [-0.2, 0) is 4.84 Å². The van der Waals surface area contributed by atoms with E-state index in [4.69, 9.17) is 4.84 Å². The van der Waals surface area contributed by atoms with E-state index >= 15 is 0 Å². The zero-order valence-corrected chi connectivity index (χ0v) is 11.6. The van der Waals surface area contributed by atoms with Gasteiger partial charge in [0, 0.05) is 0 Å². The lowest BCUT2D eigenvalue weighted by Gasteiger charge is -2.24. The minimum absolute atomic E-state index is 0.647. The van der Waals surface area contributed by atoms with Gasteiger partial charge >= 0.3 is 0 Å². The van der Waals surface area contributed by atoms with E-state index in [9.17, 15) is 0 Å². The van der Waals surface area contributed by atoms with Gasteiger partial charge in [0.15, 0.2) is 0 Å². The summed E-state index contributed by atoms with van der Waals surface area (Å²) in [5.41, 5.74) is 2.11. The molecule has 0 saturated heterocycles. The summed E-state index contributed by atoms with van der Waals surface area (Å²) in [6, 6.07) is 20.4. The van der Waals surface area contributed by atoms with Crippen molar-refractivity contribution in [3.8, 4) is 0 Å². The molecule has 0 N–H and O–H groups in total. The van der Waals surface area contributed by atoms with Gasteiger partial charge in [-0.2, -0.15) is 0 Å². The van der Waals surface area contributed by atoms with Crippen LogP contribution in [0.3, 0.4) is 0 Å². The zero-order valence-electron chi connectivity index (χ0n) is 11.6. The van der Waals surface area contributed by atoms with Gasteiger partial charge in [0.2, 0.25) is 0 Å². The average molecular weight is 255 g/mol. The third-order valence-electron chi connectivity index (χ3n) is 2.90. The number of nitrogens with zero attached hydrogens (tertiary/aromatic N) is 1. The Morgan fingerprint density at radius 3 is 1.74 bits per heavy atom. The molecule has 2 nitrogen and oxygen atoms in total. The molecule has 0 aliphatic rings. The highest BCUT2D eigenvalue weighted by Gasteiger charge is 2.09. The van der Waals surface area contributed by atoms with Crippen LogP contribution in [0.1, 0.15) is 20.3 Å². The molecule has 2 aromatic carbocycles. The van der Waals surface area contributed by atoms with Crippen molar-refractivity contribution in [1.82, 2.24) is 0 Å². The summed E-state index contributed by atoms with van der Waals surface area (Å²) in [5.74, 6) is 0.647. The molecular weight excluding hydrogens is 234 g/mol. The van der Waals surface area contributed by atoms with Crippen molar-refractivity contribution in [3.05, 3.63) is 60.7 Å². The molecule has 2 heteroatoms. The fourth-order valence-corrected chi connectivity index (χ4v) is 1.80. The largest absolute Gasteiger partial charge is 0.269 e. The van der Waals surface area contributed by atoms with Gasteiger partial charge in [0.05, 0.1) is 18.0 Å². The van der Waals surface area contributed by atoms with Crippen molar-refractivity contribution in [1.29, 1.82) is 0 Å². The van der Waals surface area contributed by atoms with E-state index in [2.05, 4.69) is 38.1 Å². The number of hydrogen-bond acceptors (Lipinski definition) is 2. The summed E-state index contributed by atoms with van der Waals surface area (Å²) in [6.45, 7) is 5.14. The summed E-state index contributed by atoms with van der Waals surface area (Å²) in [6.07, 6.45) is 1.05. The first-order valence-corrected chi connectivity index (χ1v) is 6.80. The number of hydrogen-bond donors (Lipinski definition) is 0. The molecule has 19 heavy (non-hydrogen) atoms. The Labute approximate surface area is 115 Å². The first kappa shape index (κ1) is 13.6. The molecule has 0 fully saturated rings. The Bertz CT molecular complexity index is 428. The van der Waals surface area contributed by atoms with Gasteiger partial charge in [-0.3, -0.25) is 4.84 Å². The second kappa shape index (κ2) is 6.95. The van der Waals surface area contributed by atoms with Crippen molar-refractivity contribution < 1.29 is 4.84 Å². The molecule has 0 unspecified atom stereocenters. The fraction of sp³-hybridized carbons (Fsp3) is 0.294. The zero-order chi connectivity index (χ0) is 13.5. The minimum atomic E-state index is 0.647. The fourth-order valence-electron chi connectivity index (χ4n) is 1.80. The molecule has 0 amide bonds. The topological polar surface area (TPSA) is 12.5 Å². The lowest BCUT2D eigenvalue weighted by atomic mass is 10.1. The second-order valence-electron chi connectivity index (χ2n) is 4.98. The van der Waals surface area contributed by atoms with Gasteiger partial charge in [-0.05, 0) is 36.6 Å². The summed E-state index contributed by atoms with van der Waals surface area (Å²) in [4.78, 5) is 5.96. The van der Waals surface area contributed by atoms with Crippen LogP contribution in [0.5, 0.6) is 0 Å². The number of anilines is 2. The standard InChI is InChI=1S/C17H21NO/c1-15(2)13-14-19-18(16-9-5-3-6-10-16)17-11-7-4-8-12-17/h3-12,15H,13-14H2,1-2H3. The van der Waals surface area contributed by atoms with Gasteiger partial charge in [0.25, 0.3) is 0 Å². The van der Waals surface area contributed by atoms with Gasteiger partial charge in [-0.1, -0.05) is 50.2 Å². The highest BCUT2D eigenvalue weighted by atomic mass is 16.7. The number of rotatable bonds is 6. The van der Waals surface area contributed by atoms with Crippen molar-refractivity contribution >= 4 is 11.4 Å². The molecule has 0 saturated carbocycles. The molecular formula is C17H21NO. The molecule has 0 heterocycles. The Morgan fingerprint density at radius 2 is 1.32 bits per heavy atom. The van der Waals surface area contributed by atoms with E-state index in [-0.39, 0.29) is 0 Å². The van der Waals surface area contributed by atoms with Crippen molar-refractivity contribution in [2.24, 2.45) is 5.92 Å². The molecule has 0 bridgehead atoms. The Kier molecular flexibility index (Phi) is 4.99. The first-order chi connectivity index (χ1) is 9.27. The molecule has 0 aliphatic carbocycles. The van der Waals surface area contributed by atoms with Crippen LogP contribution < -0.4 is 5.06 Å². The highest BCUT2D eigenvalue weighted by Crippen LogP contribution is 2.25. The summed E-state index contributed by atoms with van der Waals surface area (Å²) < 4.78 is 0. The molecule has 2 rings (SSSR count). The van der Waals surface area contributed by atoms with Crippen LogP contribution in [0.4, 0.5) is 11.4 Å². The molecule has 2 aromatic rings. The minimum Gasteiger partial charge on any atom is -0.269 e. The molecule has 0 aromatic heterocycles. The highest BCUT2D eigenvalue weighted by molar-refractivity contribution is 5.59. The van der Waals surface area contributed by atoms with Crippen molar-refractivity contribution in [3.63, 3.8) is 0 Å². The van der Waals surface area contributed by atoms with E-state index in [0.717, 1.165) is 24.4 Å². The maximum atomic E-state index is 5.96. The predicted octanol–water partition coefficient (Wildman–Crippen LogP) is 4.80. The van der Waals surface area contributed by atoms with Gasteiger partial charge < -0.3 is 0 Å². The SMILES string of the molecule is CC(C)CCON(c1ccccc1)c1ccccc1. The maximum absolute atomic E-state index is 5.96. The van der Waals surface area contributed by atoms with Crippen LogP contribution in [-0.4, -0.2) is 6.61 Å². The van der Waals surface area contributed by atoms with E-state index in [1.165, 1.54) is 0 Å². The summed E-state index contributed by atoms with van der Waals surface area (Å²) >= 11 is 0.